The smallest absolute Gasteiger partial charge is 0.336 e. The molecule has 0 aliphatic heterocycles. The Balaban J connectivity index is 2.20. The number of aromatic carboxylic acids is 2. The van der Waals surface area contributed by atoms with Crippen LogP contribution >= 0.6 is 0 Å². The minimum atomic E-state index is -1.18. The molecule has 0 aliphatic carbocycles. The Morgan fingerprint density at radius 2 is 1.23 bits per heavy atom. The summed E-state index contributed by atoms with van der Waals surface area (Å²) >= 11 is 0. The molecule has 0 bridgehead atoms. The number of aryl methyl sites for hydroxylation is 1. The van der Waals surface area contributed by atoms with Crippen LogP contribution in [0.25, 0.3) is 0 Å². The van der Waals surface area contributed by atoms with Crippen LogP contribution in [0.4, 0.5) is 0 Å². The summed E-state index contributed by atoms with van der Waals surface area (Å²) in [5.41, 5.74) is 0.460. The number of unbranched alkanes of at least 4 members (excludes halogenated alkanes) is 11. The van der Waals surface area contributed by atoms with Crippen molar-refractivity contribution in [1.29, 1.82) is 0 Å². The number of rotatable bonds is 15. The molecule has 1 aromatic carbocycles. The highest BCUT2D eigenvalue weighted by molar-refractivity contribution is 6.02. The molecular weight excluding hydrogens is 328 g/mol. The zero-order valence-corrected chi connectivity index (χ0v) is 16.1. The molecule has 2 N–H and O–H groups in total. The SMILES string of the molecule is CCCCCCCCCCCCCCc1cccc(C(=O)O)c1C(=O)O. The Hall–Kier alpha value is -1.84. The lowest BCUT2D eigenvalue weighted by Crippen LogP contribution is -2.11. The maximum absolute atomic E-state index is 11.4. The second kappa shape index (κ2) is 13.4. The first kappa shape index (κ1) is 22.2. The Morgan fingerprint density at radius 1 is 0.731 bits per heavy atom. The van der Waals surface area contributed by atoms with Gasteiger partial charge in [0.15, 0.2) is 0 Å². The summed E-state index contributed by atoms with van der Waals surface area (Å²) in [7, 11) is 0. The van der Waals surface area contributed by atoms with Gasteiger partial charge in [-0.1, -0.05) is 89.7 Å². The van der Waals surface area contributed by atoms with E-state index in [0.717, 1.165) is 19.3 Å². The quantitative estimate of drug-likeness (QED) is 0.358. The number of carboxylic acid groups (broad SMARTS) is 2. The fourth-order valence-electron chi connectivity index (χ4n) is 3.40. The fraction of sp³-hybridized carbons (Fsp3) is 0.636. The third-order valence-corrected chi connectivity index (χ3v) is 4.89. The summed E-state index contributed by atoms with van der Waals surface area (Å²) in [5, 5.41) is 18.5. The lowest BCUT2D eigenvalue weighted by molar-refractivity contribution is 0.0650. The largest absolute Gasteiger partial charge is 0.478 e. The van der Waals surface area contributed by atoms with Crippen molar-refractivity contribution in [2.24, 2.45) is 0 Å². The van der Waals surface area contributed by atoms with Crippen molar-refractivity contribution >= 4 is 11.9 Å². The maximum atomic E-state index is 11.4. The average molecular weight is 363 g/mol. The predicted octanol–water partition coefficient (Wildman–Crippen LogP) is 6.33. The number of carbonyl (C=O) groups is 2. The molecule has 4 heteroatoms. The second-order valence-electron chi connectivity index (χ2n) is 7.09. The Bertz CT molecular complexity index is 551. The standard InChI is InChI=1S/C22H34O4/c1-2-3-4-5-6-7-8-9-10-11-12-13-15-18-16-14-17-19(21(23)24)20(18)22(25)26/h14,16-17H,2-13,15H2,1H3,(H,23,24)(H,25,26). The highest BCUT2D eigenvalue weighted by Crippen LogP contribution is 2.19. The molecule has 0 spiro atoms. The monoisotopic (exact) mass is 362 g/mol. The van der Waals surface area contributed by atoms with Gasteiger partial charge in [-0.05, 0) is 24.5 Å². The van der Waals surface area contributed by atoms with Gasteiger partial charge in [0.25, 0.3) is 0 Å². The van der Waals surface area contributed by atoms with Crippen molar-refractivity contribution < 1.29 is 19.8 Å². The second-order valence-corrected chi connectivity index (χ2v) is 7.09. The van der Waals surface area contributed by atoms with Gasteiger partial charge in [0.1, 0.15) is 0 Å². The minimum Gasteiger partial charge on any atom is -0.478 e. The van der Waals surface area contributed by atoms with Gasteiger partial charge in [0.05, 0.1) is 11.1 Å². The van der Waals surface area contributed by atoms with E-state index in [1.165, 1.54) is 63.9 Å². The summed E-state index contributed by atoms with van der Waals surface area (Å²) < 4.78 is 0. The van der Waals surface area contributed by atoms with Gasteiger partial charge < -0.3 is 10.2 Å². The molecule has 146 valence electrons. The van der Waals surface area contributed by atoms with Crippen LogP contribution in [0.2, 0.25) is 0 Å². The van der Waals surface area contributed by atoms with E-state index in [1.807, 2.05) is 0 Å². The molecule has 1 aromatic rings. The van der Waals surface area contributed by atoms with Gasteiger partial charge in [-0.2, -0.15) is 0 Å². The van der Waals surface area contributed by atoms with Crippen molar-refractivity contribution in [1.82, 2.24) is 0 Å². The molecule has 0 amide bonds. The van der Waals surface area contributed by atoms with E-state index in [9.17, 15) is 14.7 Å². The van der Waals surface area contributed by atoms with Gasteiger partial charge in [-0.25, -0.2) is 9.59 Å². The lowest BCUT2D eigenvalue weighted by Gasteiger charge is -2.09. The zero-order valence-electron chi connectivity index (χ0n) is 16.1. The molecule has 0 atom stereocenters. The highest BCUT2D eigenvalue weighted by Gasteiger charge is 2.19. The molecule has 0 saturated heterocycles. The van der Waals surface area contributed by atoms with Crippen LogP contribution in [0.3, 0.4) is 0 Å². The summed E-state index contributed by atoms with van der Waals surface area (Å²) in [6, 6.07) is 4.72. The third kappa shape index (κ3) is 8.50. The van der Waals surface area contributed by atoms with E-state index < -0.39 is 11.9 Å². The molecule has 4 nitrogen and oxygen atoms in total. The molecule has 0 unspecified atom stereocenters. The minimum absolute atomic E-state index is 0.0527. The highest BCUT2D eigenvalue weighted by atomic mass is 16.4. The molecular formula is C22H34O4. The van der Waals surface area contributed by atoms with E-state index in [1.54, 1.807) is 12.1 Å². The topological polar surface area (TPSA) is 74.6 Å². The van der Waals surface area contributed by atoms with Gasteiger partial charge >= 0.3 is 11.9 Å². The third-order valence-electron chi connectivity index (χ3n) is 4.89. The number of hydrogen-bond acceptors (Lipinski definition) is 2. The molecule has 0 heterocycles. The predicted molar refractivity (Wildman–Crippen MR) is 105 cm³/mol. The summed E-state index contributed by atoms with van der Waals surface area (Å²) in [4.78, 5) is 22.6. The van der Waals surface area contributed by atoms with Gasteiger partial charge in [0.2, 0.25) is 0 Å². The summed E-state index contributed by atoms with van der Waals surface area (Å²) in [6.07, 6.45) is 15.7. The van der Waals surface area contributed by atoms with Crippen LogP contribution in [0, 0.1) is 0 Å². The van der Waals surface area contributed by atoms with E-state index >= 15 is 0 Å². The first-order chi connectivity index (χ1) is 12.6. The molecule has 0 saturated carbocycles. The van der Waals surface area contributed by atoms with Crippen LogP contribution in [0.15, 0.2) is 18.2 Å². The van der Waals surface area contributed by atoms with Crippen molar-refractivity contribution in [2.45, 2.75) is 90.4 Å². The fourth-order valence-corrected chi connectivity index (χ4v) is 3.40. The molecule has 26 heavy (non-hydrogen) atoms. The van der Waals surface area contributed by atoms with Crippen LogP contribution in [0.5, 0.6) is 0 Å². The van der Waals surface area contributed by atoms with Crippen LogP contribution < -0.4 is 0 Å². The number of benzene rings is 1. The van der Waals surface area contributed by atoms with Gasteiger partial charge in [-0.15, -0.1) is 0 Å². The van der Waals surface area contributed by atoms with E-state index in [0.29, 0.717) is 12.0 Å². The zero-order chi connectivity index (χ0) is 19.2. The molecule has 0 fully saturated rings. The van der Waals surface area contributed by atoms with E-state index in [4.69, 9.17) is 5.11 Å². The van der Waals surface area contributed by atoms with Crippen molar-refractivity contribution in [3.05, 3.63) is 34.9 Å². The normalized spacial score (nSPS) is 10.8. The Morgan fingerprint density at radius 3 is 1.69 bits per heavy atom. The van der Waals surface area contributed by atoms with Gasteiger partial charge in [0, 0.05) is 0 Å². The molecule has 1 rings (SSSR count). The van der Waals surface area contributed by atoms with Crippen molar-refractivity contribution in [3.63, 3.8) is 0 Å². The molecule has 0 aliphatic rings. The molecule has 0 aromatic heterocycles. The summed E-state index contributed by atoms with van der Waals surface area (Å²) in [5.74, 6) is -2.34. The number of carboxylic acids is 2. The van der Waals surface area contributed by atoms with E-state index in [-0.39, 0.29) is 11.1 Å². The Kier molecular flexibility index (Phi) is 11.4. The van der Waals surface area contributed by atoms with Gasteiger partial charge in [-0.3, -0.25) is 0 Å². The lowest BCUT2D eigenvalue weighted by atomic mass is 9.96. The first-order valence-electron chi connectivity index (χ1n) is 10.2. The summed E-state index contributed by atoms with van der Waals surface area (Å²) in [6.45, 7) is 2.24. The van der Waals surface area contributed by atoms with Crippen LogP contribution in [-0.4, -0.2) is 22.2 Å². The maximum Gasteiger partial charge on any atom is 0.336 e. The Labute approximate surface area is 157 Å². The average Bonchev–Trinajstić information content (AvgIpc) is 2.62. The van der Waals surface area contributed by atoms with Crippen LogP contribution in [-0.2, 0) is 6.42 Å². The first-order valence-corrected chi connectivity index (χ1v) is 10.2. The van der Waals surface area contributed by atoms with Crippen LogP contribution in [0.1, 0.15) is 110 Å². The van der Waals surface area contributed by atoms with Crippen molar-refractivity contribution in [2.75, 3.05) is 0 Å². The van der Waals surface area contributed by atoms with E-state index in [2.05, 4.69) is 6.92 Å². The van der Waals surface area contributed by atoms with Crippen molar-refractivity contribution in [3.8, 4) is 0 Å². The molecule has 0 radical (unpaired) electrons. The number of hydrogen-bond donors (Lipinski definition) is 2.